The second-order valence-electron chi connectivity index (χ2n) is 6.52. The number of benzene rings is 1. The first-order chi connectivity index (χ1) is 10.2. The zero-order valence-electron chi connectivity index (χ0n) is 13.6. The van der Waals surface area contributed by atoms with Crippen molar-refractivity contribution in [2.24, 2.45) is 5.41 Å². The fraction of sp³-hybridized carbons (Fsp3) is 0.412. The first-order valence-corrected chi connectivity index (χ1v) is 7.31. The number of amides is 1. The average Bonchev–Trinajstić information content (AvgIpc) is 2.80. The van der Waals surface area contributed by atoms with E-state index in [-0.39, 0.29) is 17.8 Å². The predicted octanol–water partition coefficient (Wildman–Crippen LogP) is 3.54. The number of carbonyl (C=O) groups excluding carboxylic acids is 1. The summed E-state index contributed by atoms with van der Waals surface area (Å²) in [5, 5.41) is 7.35. The summed E-state index contributed by atoms with van der Waals surface area (Å²) in [5.41, 5.74) is 2.23. The maximum absolute atomic E-state index is 13.0. The Kier molecular flexibility index (Phi) is 4.35. The molecule has 1 unspecified atom stereocenters. The van der Waals surface area contributed by atoms with Crippen molar-refractivity contribution in [3.63, 3.8) is 0 Å². The number of rotatable bonds is 3. The van der Waals surface area contributed by atoms with E-state index < -0.39 is 5.41 Å². The molecule has 4 nitrogen and oxygen atoms in total. The molecule has 5 heteroatoms. The number of hydrogen-bond donors (Lipinski definition) is 1. The lowest BCUT2D eigenvalue weighted by atomic mass is 9.95. The van der Waals surface area contributed by atoms with Gasteiger partial charge in [0.2, 0.25) is 5.91 Å². The van der Waals surface area contributed by atoms with Crippen molar-refractivity contribution < 1.29 is 9.18 Å². The van der Waals surface area contributed by atoms with Crippen molar-refractivity contribution in [3.8, 4) is 5.69 Å². The molecular formula is C17H22FN3O. The molecule has 0 aliphatic heterocycles. The minimum absolute atomic E-state index is 0.00562. The highest BCUT2D eigenvalue weighted by Crippen LogP contribution is 2.22. The van der Waals surface area contributed by atoms with Crippen LogP contribution >= 0.6 is 0 Å². The third kappa shape index (κ3) is 3.35. The maximum atomic E-state index is 13.0. The lowest BCUT2D eigenvalue weighted by molar-refractivity contribution is -0.129. The lowest BCUT2D eigenvalue weighted by Crippen LogP contribution is -2.36. The first kappa shape index (κ1) is 16.2. The molecule has 118 valence electrons. The number of nitrogens with one attached hydrogen (secondary N) is 1. The van der Waals surface area contributed by atoms with E-state index >= 15 is 0 Å². The van der Waals surface area contributed by atoms with E-state index in [1.807, 2.05) is 34.6 Å². The van der Waals surface area contributed by atoms with E-state index in [0.717, 1.165) is 16.9 Å². The summed E-state index contributed by atoms with van der Waals surface area (Å²) in [4.78, 5) is 12.1. The summed E-state index contributed by atoms with van der Waals surface area (Å²) in [5.74, 6) is -0.284. The van der Waals surface area contributed by atoms with Crippen LogP contribution in [0.1, 0.15) is 45.0 Å². The molecule has 1 amide bonds. The minimum Gasteiger partial charge on any atom is -0.349 e. The number of halogens is 1. The molecule has 0 aliphatic carbocycles. The molecule has 0 fully saturated rings. The molecule has 0 saturated heterocycles. The van der Waals surface area contributed by atoms with Crippen LogP contribution < -0.4 is 5.32 Å². The second kappa shape index (κ2) is 5.91. The van der Waals surface area contributed by atoms with E-state index in [1.54, 1.807) is 23.0 Å². The van der Waals surface area contributed by atoms with Crippen LogP contribution in [-0.4, -0.2) is 15.7 Å². The topological polar surface area (TPSA) is 46.9 Å². The third-order valence-corrected chi connectivity index (χ3v) is 3.61. The summed E-state index contributed by atoms with van der Waals surface area (Å²) in [6, 6.07) is 6.03. The normalized spacial score (nSPS) is 13.0. The second-order valence-corrected chi connectivity index (χ2v) is 6.52. The summed E-state index contributed by atoms with van der Waals surface area (Å²) in [6.45, 7) is 9.51. The zero-order valence-corrected chi connectivity index (χ0v) is 13.6. The van der Waals surface area contributed by atoms with Gasteiger partial charge in [0.05, 0.1) is 17.9 Å². The molecule has 0 radical (unpaired) electrons. The molecule has 1 aromatic carbocycles. The average molecular weight is 303 g/mol. The molecule has 0 spiro atoms. The van der Waals surface area contributed by atoms with E-state index in [2.05, 4.69) is 10.4 Å². The zero-order chi connectivity index (χ0) is 16.5. The van der Waals surface area contributed by atoms with Crippen LogP contribution in [0.4, 0.5) is 4.39 Å². The third-order valence-electron chi connectivity index (χ3n) is 3.61. The molecule has 0 saturated carbocycles. The van der Waals surface area contributed by atoms with Crippen molar-refractivity contribution in [2.75, 3.05) is 0 Å². The van der Waals surface area contributed by atoms with Gasteiger partial charge in [-0.1, -0.05) is 20.8 Å². The van der Waals surface area contributed by atoms with Crippen LogP contribution in [0.3, 0.4) is 0 Å². The quantitative estimate of drug-likeness (QED) is 0.942. The Morgan fingerprint density at radius 2 is 1.86 bits per heavy atom. The van der Waals surface area contributed by atoms with Gasteiger partial charge in [-0.3, -0.25) is 4.79 Å². The van der Waals surface area contributed by atoms with Gasteiger partial charge in [-0.05, 0) is 38.1 Å². The highest BCUT2D eigenvalue weighted by molar-refractivity contribution is 5.81. The van der Waals surface area contributed by atoms with Gasteiger partial charge in [0.15, 0.2) is 0 Å². The first-order valence-electron chi connectivity index (χ1n) is 7.31. The largest absolute Gasteiger partial charge is 0.349 e. The van der Waals surface area contributed by atoms with E-state index in [9.17, 15) is 9.18 Å². The fourth-order valence-corrected chi connectivity index (χ4v) is 2.18. The highest BCUT2D eigenvalue weighted by Gasteiger charge is 2.24. The Bertz CT molecular complexity index is 668. The summed E-state index contributed by atoms with van der Waals surface area (Å²) in [6.07, 6.45) is 1.74. The van der Waals surface area contributed by atoms with Crippen molar-refractivity contribution in [1.29, 1.82) is 0 Å². The molecule has 0 aliphatic rings. The van der Waals surface area contributed by atoms with Gasteiger partial charge in [-0.25, -0.2) is 9.07 Å². The molecule has 1 aromatic heterocycles. The number of carbonyl (C=O) groups is 1. The van der Waals surface area contributed by atoms with Crippen LogP contribution in [0.2, 0.25) is 0 Å². The summed E-state index contributed by atoms with van der Waals surface area (Å²) < 4.78 is 14.8. The van der Waals surface area contributed by atoms with Gasteiger partial charge >= 0.3 is 0 Å². The van der Waals surface area contributed by atoms with Gasteiger partial charge in [-0.2, -0.15) is 5.10 Å². The molecule has 2 aromatic rings. The molecule has 0 bridgehead atoms. The van der Waals surface area contributed by atoms with Gasteiger partial charge in [-0.15, -0.1) is 0 Å². The van der Waals surface area contributed by atoms with Crippen molar-refractivity contribution in [3.05, 3.63) is 47.5 Å². The van der Waals surface area contributed by atoms with E-state index in [4.69, 9.17) is 0 Å². The Morgan fingerprint density at radius 3 is 2.41 bits per heavy atom. The number of aromatic nitrogens is 2. The summed E-state index contributed by atoms with van der Waals surface area (Å²) >= 11 is 0. The van der Waals surface area contributed by atoms with Crippen molar-refractivity contribution in [1.82, 2.24) is 15.1 Å². The Morgan fingerprint density at radius 1 is 1.27 bits per heavy atom. The Hall–Kier alpha value is -2.17. The van der Waals surface area contributed by atoms with Gasteiger partial charge in [0, 0.05) is 16.7 Å². The van der Waals surface area contributed by atoms with Gasteiger partial charge < -0.3 is 5.32 Å². The molecular weight excluding hydrogens is 281 g/mol. The molecule has 1 heterocycles. The summed E-state index contributed by atoms with van der Waals surface area (Å²) in [7, 11) is 0. The number of hydrogen-bond acceptors (Lipinski definition) is 2. The smallest absolute Gasteiger partial charge is 0.225 e. The Balaban J connectivity index is 2.24. The number of nitrogens with zero attached hydrogens (tertiary/aromatic N) is 2. The van der Waals surface area contributed by atoms with E-state index in [0.29, 0.717) is 0 Å². The highest BCUT2D eigenvalue weighted by atomic mass is 19.1. The molecule has 1 atom stereocenters. The standard InChI is InChI=1S/C17H22FN3O/c1-11(20-16(22)17(3,4)5)15-10-19-21(12(15)2)14-8-6-13(18)7-9-14/h6-11H,1-5H3,(H,20,22). The Labute approximate surface area is 130 Å². The minimum atomic E-state index is -0.435. The van der Waals surface area contributed by atoms with Crippen molar-refractivity contribution >= 4 is 5.91 Å². The fourth-order valence-electron chi connectivity index (χ4n) is 2.18. The van der Waals surface area contributed by atoms with E-state index in [1.165, 1.54) is 12.1 Å². The van der Waals surface area contributed by atoms with Gasteiger partial charge in [0.1, 0.15) is 5.82 Å². The van der Waals surface area contributed by atoms with Crippen LogP contribution in [-0.2, 0) is 4.79 Å². The van der Waals surface area contributed by atoms with Gasteiger partial charge in [0.25, 0.3) is 0 Å². The molecule has 22 heavy (non-hydrogen) atoms. The lowest BCUT2D eigenvalue weighted by Gasteiger charge is -2.21. The molecule has 2 rings (SSSR count). The SMILES string of the molecule is Cc1c(C(C)NC(=O)C(C)(C)C)cnn1-c1ccc(F)cc1. The predicted molar refractivity (Wildman–Crippen MR) is 84.3 cm³/mol. The van der Waals surface area contributed by atoms with Crippen LogP contribution in [0, 0.1) is 18.2 Å². The van der Waals surface area contributed by atoms with Crippen LogP contribution in [0.15, 0.2) is 30.5 Å². The monoisotopic (exact) mass is 303 g/mol. The van der Waals surface area contributed by atoms with Crippen LogP contribution in [0.5, 0.6) is 0 Å². The maximum Gasteiger partial charge on any atom is 0.225 e. The van der Waals surface area contributed by atoms with Crippen molar-refractivity contribution in [2.45, 2.75) is 40.7 Å². The van der Waals surface area contributed by atoms with Crippen LogP contribution in [0.25, 0.3) is 5.69 Å². The molecule has 1 N–H and O–H groups in total.